The van der Waals surface area contributed by atoms with Gasteiger partial charge in [0.25, 0.3) is 0 Å². The number of carbonyl (C=O) groups is 1. The molecule has 0 amide bonds. The molecule has 0 aromatic carbocycles. The van der Waals surface area contributed by atoms with Crippen LogP contribution >= 0.6 is 0 Å². The van der Waals surface area contributed by atoms with E-state index in [1.807, 2.05) is 6.08 Å². The van der Waals surface area contributed by atoms with E-state index < -0.39 is 5.97 Å². The summed E-state index contributed by atoms with van der Waals surface area (Å²) in [4.78, 5) is 11.0. The van der Waals surface area contributed by atoms with Gasteiger partial charge in [-0.25, -0.2) is 4.79 Å². The molecule has 0 saturated heterocycles. The Morgan fingerprint density at radius 3 is 2.53 bits per heavy atom. The lowest BCUT2D eigenvalue weighted by molar-refractivity contribution is -0.143. The van der Waals surface area contributed by atoms with Crippen LogP contribution in [0.15, 0.2) is 25.3 Å². The predicted molar refractivity (Wildman–Crippen MR) is 76.1 cm³/mol. The predicted octanol–water partition coefficient (Wildman–Crippen LogP) is 2.88. The number of methoxy groups -OCH3 is 1. The van der Waals surface area contributed by atoms with E-state index in [0.717, 1.165) is 25.3 Å². The first-order valence-electron chi connectivity index (χ1n) is 6.75. The van der Waals surface area contributed by atoms with E-state index in [1.165, 1.54) is 12.8 Å². The van der Waals surface area contributed by atoms with E-state index in [1.54, 1.807) is 7.11 Å². The van der Waals surface area contributed by atoms with Gasteiger partial charge in [0.1, 0.15) is 12.7 Å². The van der Waals surface area contributed by atoms with Gasteiger partial charge in [0.05, 0.1) is 6.61 Å². The van der Waals surface area contributed by atoms with Gasteiger partial charge < -0.3 is 14.2 Å². The molecule has 0 aliphatic carbocycles. The van der Waals surface area contributed by atoms with Crippen molar-refractivity contribution in [1.29, 1.82) is 0 Å². The molecule has 19 heavy (non-hydrogen) atoms. The molecule has 1 unspecified atom stereocenters. The molecular weight excluding hydrogens is 244 g/mol. The summed E-state index contributed by atoms with van der Waals surface area (Å²) in [7, 11) is 1.60. The molecular formula is C15H26O4. The van der Waals surface area contributed by atoms with Crippen molar-refractivity contribution in [2.45, 2.75) is 38.2 Å². The second kappa shape index (κ2) is 13.3. The number of hydrogen-bond donors (Lipinski definition) is 0. The van der Waals surface area contributed by atoms with Crippen LogP contribution in [0.5, 0.6) is 0 Å². The highest BCUT2D eigenvalue weighted by molar-refractivity contribution is 5.81. The number of allylic oxidation sites excluding steroid dienone is 1. The molecule has 0 aliphatic rings. The first-order chi connectivity index (χ1) is 9.24. The van der Waals surface area contributed by atoms with Crippen LogP contribution in [0.4, 0.5) is 0 Å². The van der Waals surface area contributed by atoms with Crippen molar-refractivity contribution in [2.24, 2.45) is 0 Å². The van der Waals surface area contributed by atoms with Crippen molar-refractivity contribution in [1.82, 2.24) is 0 Å². The minimum atomic E-state index is -0.436. The van der Waals surface area contributed by atoms with Crippen LogP contribution in [0.1, 0.15) is 32.1 Å². The average molecular weight is 270 g/mol. The molecule has 110 valence electrons. The zero-order valence-corrected chi connectivity index (χ0v) is 11.9. The Bertz CT molecular complexity index is 251. The summed E-state index contributed by atoms with van der Waals surface area (Å²) in [5.74, 6) is -0.436. The lowest BCUT2D eigenvalue weighted by Gasteiger charge is -2.16. The largest absolute Gasteiger partial charge is 0.460 e. The number of carbonyl (C=O) groups excluding carboxylic acids is 1. The maximum Gasteiger partial charge on any atom is 0.330 e. The van der Waals surface area contributed by atoms with Crippen molar-refractivity contribution in [3.05, 3.63) is 25.3 Å². The molecule has 4 nitrogen and oxygen atoms in total. The maximum absolute atomic E-state index is 11.0. The van der Waals surface area contributed by atoms with Crippen molar-refractivity contribution < 1.29 is 19.0 Å². The van der Waals surface area contributed by atoms with Gasteiger partial charge in [0, 0.05) is 19.8 Å². The van der Waals surface area contributed by atoms with E-state index in [9.17, 15) is 4.79 Å². The number of unbranched alkanes of at least 4 members (excludes halogenated alkanes) is 4. The summed E-state index contributed by atoms with van der Waals surface area (Å²) in [6, 6.07) is 0. The first kappa shape index (κ1) is 17.9. The molecule has 0 N–H and O–H groups in total. The molecule has 0 radical (unpaired) electrons. The molecule has 0 fully saturated rings. The lowest BCUT2D eigenvalue weighted by atomic mass is 10.1. The second-order valence-corrected chi connectivity index (χ2v) is 4.27. The van der Waals surface area contributed by atoms with Crippen LogP contribution in [-0.2, 0) is 19.0 Å². The highest BCUT2D eigenvalue weighted by Crippen LogP contribution is 2.05. The summed E-state index contributed by atoms with van der Waals surface area (Å²) < 4.78 is 15.6. The topological polar surface area (TPSA) is 44.8 Å². The summed E-state index contributed by atoms with van der Waals surface area (Å²) in [6.07, 6.45) is 8.47. The van der Waals surface area contributed by atoms with Gasteiger partial charge in [-0.3, -0.25) is 0 Å². The van der Waals surface area contributed by atoms with E-state index in [2.05, 4.69) is 13.2 Å². The SMILES string of the molecule is C=CCCCCCCOC(COC)COC(=O)C=C. The Hall–Kier alpha value is -1.13. The van der Waals surface area contributed by atoms with Crippen LogP contribution in [0.2, 0.25) is 0 Å². The number of esters is 1. The summed E-state index contributed by atoms with van der Waals surface area (Å²) in [6.45, 7) is 8.32. The Balaban J connectivity index is 3.60. The molecule has 0 aromatic heterocycles. The fourth-order valence-corrected chi connectivity index (χ4v) is 1.56. The van der Waals surface area contributed by atoms with Crippen LogP contribution in [-0.4, -0.2) is 39.0 Å². The van der Waals surface area contributed by atoms with Gasteiger partial charge in [-0.05, 0) is 19.3 Å². The van der Waals surface area contributed by atoms with E-state index in [-0.39, 0.29) is 12.7 Å². The molecule has 0 aliphatic heterocycles. The van der Waals surface area contributed by atoms with E-state index in [0.29, 0.717) is 13.2 Å². The van der Waals surface area contributed by atoms with Crippen LogP contribution in [0.3, 0.4) is 0 Å². The van der Waals surface area contributed by atoms with Gasteiger partial charge in [0.15, 0.2) is 0 Å². The Labute approximate surface area is 116 Å². The van der Waals surface area contributed by atoms with Crippen molar-refractivity contribution in [3.8, 4) is 0 Å². The van der Waals surface area contributed by atoms with Crippen LogP contribution in [0, 0.1) is 0 Å². The molecule has 1 atom stereocenters. The zero-order valence-electron chi connectivity index (χ0n) is 11.9. The van der Waals surface area contributed by atoms with Gasteiger partial charge in [-0.1, -0.05) is 25.5 Å². The van der Waals surface area contributed by atoms with E-state index in [4.69, 9.17) is 14.2 Å². The number of rotatable bonds is 13. The molecule has 0 bridgehead atoms. The van der Waals surface area contributed by atoms with Gasteiger partial charge in [-0.2, -0.15) is 0 Å². The second-order valence-electron chi connectivity index (χ2n) is 4.27. The molecule has 0 heterocycles. The van der Waals surface area contributed by atoms with Crippen molar-refractivity contribution >= 4 is 5.97 Å². The molecule has 0 spiro atoms. The Kier molecular flexibility index (Phi) is 12.5. The zero-order chi connectivity index (χ0) is 14.3. The van der Waals surface area contributed by atoms with Crippen molar-refractivity contribution in [3.63, 3.8) is 0 Å². The van der Waals surface area contributed by atoms with Gasteiger partial charge in [-0.15, -0.1) is 6.58 Å². The van der Waals surface area contributed by atoms with Crippen molar-refractivity contribution in [2.75, 3.05) is 26.9 Å². The van der Waals surface area contributed by atoms with Crippen LogP contribution in [0.25, 0.3) is 0 Å². The lowest BCUT2D eigenvalue weighted by Crippen LogP contribution is -2.26. The number of hydrogen-bond acceptors (Lipinski definition) is 4. The van der Waals surface area contributed by atoms with Gasteiger partial charge >= 0.3 is 5.97 Å². The minimum absolute atomic E-state index is 0.204. The Morgan fingerprint density at radius 2 is 1.89 bits per heavy atom. The number of ether oxygens (including phenoxy) is 3. The summed E-state index contributed by atoms with van der Waals surface area (Å²) in [5, 5.41) is 0. The third-order valence-corrected chi connectivity index (χ3v) is 2.59. The van der Waals surface area contributed by atoms with Gasteiger partial charge in [0.2, 0.25) is 0 Å². The molecule has 0 saturated carbocycles. The summed E-state index contributed by atoms with van der Waals surface area (Å²) >= 11 is 0. The fraction of sp³-hybridized carbons (Fsp3) is 0.667. The quantitative estimate of drug-likeness (QED) is 0.223. The standard InChI is InChI=1S/C15H26O4/c1-4-6-7-8-9-10-11-18-14(12-17-3)13-19-15(16)5-2/h4-5,14H,1-2,6-13H2,3H3. The smallest absolute Gasteiger partial charge is 0.330 e. The third-order valence-electron chi connectivity index (χ3n) is 2.59. The summed E-state index contributed by atoms with van der Waals surface area (Å²) in [5.41, 5.74) is 0. The first-order valence-corrected chi connectivity index (χ1v) is 6.75. The van der Waals surface area contributed by atoms with E-state index >= 15 is 0 Å². The Morgan fingerprint density at radius 1 is 1.16 bits per heavy atom. The molecule has 0 rings (SSSR count). The third kappa shape index (κ3) is 11.7. The minimum Gasteiger partial charge on any atom is -0.460 e. The molecule has 0 aromatic rings. The highest BCUT2D eigenvalue weighted by atomic mass is 16.6. The molecule has 4 heteroatoms. The maximum atomic E-state index is 11.0. The van der Waals surface area contributed by atoms with Crippen LogP contribution < -0.4 is 0 Å². The highest BCUT2D eigenvalue weighted by Gasteiger charge is 2.10. The monoisotopic (exact) mass is 270 g/mol. The normalized spacial score (nSPS) is 11.8. The average Bonchev–Trinajstić information content (AvgIpc) is 2.43. The fourth-order valence-electron chi connectivity index (χ4n) is 1.56.